The number of piperidine rings is 1. The molecule has 0 radical (unpaired) electrons. The van der Waals surface area contributed by atoms with Crippen LogP contribution in [0.25, 0.3) is 0 Å². The molecule has 1 aliphatic carbocycles. The number of nitrogens with zero attached hydrogens (tertiary/aromatic N) is 2. The second kappa shape index (κ2) is 3.28. The fourth-order valence-electron chi connectivity index (χ4n) is 2.00. The first kappa shape index (κ1) is 9.30. The minimum absolute atomic E-state index is 0.386. The topological polar surface area (TPSA) is 71.2 Å². The largest absolute Gasteiger partial charge is 0.379 e. The van der Waals surface area contributed by atoms with E-state index in [9.17, 15) is 5.11 Å². The zero-order valence-electron chi connectivity index (χ0n) is 8.57. The summed E-state index contributed by atoms with van der Waals surface area (Å²) in [4.78, 5) is 4.30. The molecule has 2 aliphatic rings. The first-order valence-corrected chi connectivity index (χ1v) is 5.55. The number of nitrogens with one attached hydrogen (secondary N) is 1. The van der Waals surface area contributed by atoms with Crippen LogP contribution in [-0.4, -0.2) is 28.3 Å². The molecule has 1 atom stereocenters. The molecule has 5 heteroatoms. The van der Waals surface area contributed by atoms with E-state index in [0.717, 1.165) is 31.6 Å². The Morgan fingerprint density at radius 2 is 2.33 bits per heavy atom. The lowest BCUT2D eigenvalue weighted by atomic mass is 9.94. The van der Waals surface area contributed by atoms with Gasteiger partial charge in [-0.05, 0) is 32.2 Å². The normalized spacial score (nSPS) is 31.8. The van der Waals surface area contributed by atoms with Crippen molar-refractivity contribution in [3.05, 3.63) is 11.7 Å². The van der Waals surface area contributed by atoms with Crippen LogP contribution in [0.15, 0.2) is 4.52 Å². The highest BCUT2D eigenvalue weighted by molar-refractivity contribution is 5.08. The van der Waals surface area contributed by atoms with Crippen molar-refractivity contribution in [2.75, 3.05) is 13.1 Å². The van der Waals surface area contributed by atoms with Crippen molar-refractivity contribution in [3.8, 4) is 0 Å². The highest BCUT2D eigenvalue weighted by Gasteiger charge is 2.38. The summed E-state index contributed by atoms with van der Waals surface area (Å²) in [5.74, 6) is 1.63. The van der Waals surface area contributed by atoms with Crippen LogP contribution in [0.3, 0.4) is 0 Å². The predicted octanol–water partition coefficient (Wildman–Crippen LogP) is 0.518. The van der Waals surface area contributed by atoms with Crippen molar-refractivity contribution in [3.63, 3.8) is 0 Å². The van der Waals surface area contributed by atoms with E-state index in [4.69, 9.17) is 4.52 Å². The zero-order chi connectivity index (χ0) is 10.3. The van der Waals surface area contributed by atoms with E-state index in [1.54, 1.807) is 0 Å². The molecular formula is C10H15N3O2. The monoisotopic (exact) mass is 209 g/mol. The molecule has 5 nitrogen and oxygen atoms in total. The maximum Gasteiger partial charge on any atom is 0.259 e. The highest BCUT2D eigenvalue weighted by Crippen LogP contribution is 2.39. The van der Waals surface area contributed by atoms with E-state index in [1.807, 2.05) is 0 Å². The highest BCUT2D eigenvalue weighted by atomic mass is 16.5. The van der Waals surface area contributed by atoms with Crippen LogP contribution < -0.4 is 5.32 Å². The summed E-state index contributed by atoms with van der Waals surface area (Å²) in [7, 11) is 0. The molecule has 1 aromatic heterocycles. The molecule has 1 saturated heterocycles. The summed E-state index contributed by atoms with van der Waals surface area (Å²) in [6, 6.07) is 0. The molecule has 1 aliphatic heterocycles. The van der Waals surface area contributed by atoms with E-state index < -0.39 is 5.60 Å². The number of hydrogen-bond acceptors (Lipinski definition) is 5. The third kappa shape index (κ3) is 1.66. The molecule has 0 bridgehead atoms. The van der Waals surface area contributed by atoms with Gasteiger partial charge in [0.2, 0.25) is 0 Å². The van der Waals surface area contributed by atoms with E-state index >= 15 is 0 Å². The Morgan fingerprint density at radius 3 is 3.00 bits per heavy atom. The fourth-order valence-corrected chi connectivity index (χ4v) is 2.00. The third-order valence-corrected chi connectivity index (χ3v) is 3.14. The Bertz CT molecular complexity index is 353. The third-order valence-electron chi connectivity index (χ3n) is 3.14. The van der Waals surface area contributed by atoms with Crippen molar-refractivity contribution >= 4 is 0 Å². The molecule has 1 aromatic rings. The van der Waals surface area contributed by atoms with E-state index in [0.29, 0.717) is 24.8 Å². The molecule has 1 unspecified atom stereocenters. The van der Waals surface area contributed by atoms with Gasteiger partial charge in [-0.1, -0.05) is 5.16 Å². The van der Waals surface area contributed by atoms with E-state index in [2.05, 4.69) is 15.5 Å². The molecule has 0 spiro atoms. The molecule has 3 rings (SSSR count). The number of rotatable bonds is 2. The predicted molar refractivity (Wildman–Crippen MR) is 52.3 cm³/mol. The summed E-state index contributed by atoms with van der Waals surface area (Å²) < 4.78 is 5.16. The van der Waals surface area contributed by atoms with Crippen LogP contribution >= 0.6 is 0 Å². The number of β-amino-alcohol motifs (C(OH)–C–C–N with tert-alkyl or cyclic N) is 1. The lowest BCUT2D eigenvalue weighted by molar-refractivity contribution is -0.0167. The van der Waals surface area contributed by atoms with Gasteiger partial charge in [0, 0.05) is 12.5 Å². The first-order chi connectivity index (χ1) is 7.28. The average molecular weight is 209 g/mol. The number of hydrogen-bond donors (Lipinski definition) is 2. The molecule has 15 heavy (non-hydrogen) atoms. The molecule has 2 heterocycles. The second-order valence-corrected chi connectivity index (χ2v) is 4.54. The molecular weight excluding hydrogens is 194 g/mol. The first-order valence-electron chi connectivity index (χ1n) is 5.55. The Morgan fingerprint density at radius 1 is 1.47 bits per heavy atom. The maximum absolute atomic E-state index is 10.3. The van der Waals surface area contributed by atoms with E-state index in [-0.39, 0.29) is 0 Å². The van der Waals surface area contributed by atoms with Gasteiger partial charge in [0.15, 0.2) is 11.4 Å². The fraction of sp³-hybridized carbons (Fsp3) is 0.800. The van der Waals surface area contributed by atoms with Gasteiger partial charge >= 0.3 is 0 Å². The summed E-state index contributed by atoms with van der Waals surface area (Å²) in [5, 5.41) is 17.4. The SMILES string of the molecule is OC1(c2nc(C3CC3)no2)CCCNC1. The quantitative estimate of drug-likeness (QED) is 0.743. The van der Waals surface area contributed by atoms with Gasteiger partial charge in [0.05, 0.1) is 0 Å². The minimum atomic E-state index is -0.946. The molecule has 1 saturated carbocycles. The molecule has 2 N–H and O–H groups in total. The second-order valence-electron chi connectivity index (χ2n) is 4.54. The van der Waals surface area contributed by atoms with Crippen LogP contribution in [0.1, 0.15) is 43.3 Å². The van der Waals surface area contributed by atoms with Gasteiger partial charge in [-0.15, -0.1) is 0 Å². The lowest BCUT2D eigenvalue weighted by Gasteiger charge is -2.28. The van der Waals surface area contributed by atoms with Crippen molar-refractivity contribution in [2.45, 2.75) is 37.2 Å². The van der Waals surface area contributed by atoms with Crippen molar-refractivity contribution in [1.82, 2.24) is 15.5 Å². The van der Waals surface area contributed by atoms with Gasteiger partial charge in [-0.3, -0.25) is 0 Å². The standard InChI is InChI=1S/C10H15N3O2/c14-10(4-1-5-11-6-10)9-12-8(13-15-9)7-2-3-7/h7,11,14H,1-6H2. The van der Waals surface area contributed by atoms with Gasteiger partial charge in [0.25, 0.3) is 5.89 Å². The summed E-state index contributed by atoms with van der Waals surface area (Å²) in [5.41, 5.74) is -0.946. The maximum atomic E-state index is 10.3. The molecule has 0 aromatic carbocycles. The smallest absolute Gasteiger partial charge is 0.259 e. The van der Waals surface area contributed by atoms with Gasteiger partial charge in [-0.2, -0.15) is 4.98 Å². The Kier molecular flexibility index (Phi) is 2.03. The Hall–Kier alpha value is -0.940. The molecule has 0 amide bonds. The summed E-state index contributed by atoms with van der Waals surface area (Å²) >= 11 is 0. The Balaban J connectivity index is 1.83. The van der Waals surface area contributed by atoms with Gasteiger partial charge in [0.1, 0.15) is 0 Å². The lowest BCUT2D eigenvalue weighted by Crippen LogP contribution is -2.43. The molecule has 82 valence electrons. The number of aliphatic hydroxyl groups is 1. The van der Waals surface area contributed by atoms with Gasteiger partial charge < -0.3 is 14.9 Å². The van der Waals surface area contributed by atoms with Crippen molar-refractivity contribution < 1.29 is 9.63 Å². The van der Waals surface area contributed by atoms with Gasteiger partial charge in [-0.25, -0.2) is 0 Å². The summed E-state index contributed by atoms with van der Waals surface area (Å²) in [6.45, 7) is 1.46. The van der Waals surface area contributed by atoms with Crippen LogP contribution in [0.4, 0.5) is 0 Å². The van der Waals surface area contributed by atoms with Crippen LogP contribution in [0.2, 0.25) is 0 Å². The van der Waals surface area contributed by atoms with Crippen LogP contribution in [0.5, 0.6) is 0 Å². The minimum Gasteiger partial charge on any atom is -0.379 e. The summed E-state index contributed by atoms with van der Waals surface area (Å²) in [6.07, 6.45) is 3.94. The Labute approximate surface area is 87.9 Å². The average Bonchev–Trinajstić information content (AvgIpc) is 2.97. The van der Waals surface area contributed by atoms with Crippen LogP contribution in [0, 0.1) is 0 Å². The number of aromatic nitrogens is 2. The van der Waals surface area contributed by atoms with E-state index in [1.165, 1.54) is 0 Å². The van der Waals surface area contributed by atoms with Crippen molar-refractivity contribution in [2.24, 2.45) is 0 Å². The molecule has 2 fully saturated rings. The zero-order valence-corrected chi connectivity index (χ0v) is 8.57. The van der Waals surface area contributed by atoms with Crippen LogP contribution in [-0.2, 0) is 5.60 Å². The van der Waals surface area contributed by atoms with Crippen molar-refractivity contribution in [1.29, 1.82) is 0 Å².